The van der Waals surface area contributed by atoms with Crippen LogP contribution in [0.1, 0.15) is 12.8 Å². The summed E-state index contributed by atoms with van der Waals surface area (Å²) in [5.41, 5.74) is 0. The van der Waals surface area contributed by atoms with Crippen molar-refractivity contribution in [2.24, 2.45) is 0 Å². The van der Waals surface area contributed by atoms with E-state index in [0.717, 1.165) is 34.7 Å². The van der Waals surface area contributed by atoms with E-state index in [1.165, 1.54) is 0 Å². The number of ether oxygens (including phenoxy) is 2. The second-order valence-electron chi connectivity index (χ2n) is 4.43. The minimum absolute atomic E-state index is 0.220. The highest BCUT2D eigenvalue weighted by Gasteiger charge is 2.16. The van der Waals surface area contributed by atoms with Crippen molar-refractivity contribution >= 4 is 26.7 Å². The van der Waals surface area contributed by atoms with Crippen molar-refractivity contribution in [1.82, 2.24) is 4.98 Å². The molecule has 0 aliphatic carbocycles. The fraction of sp³-hybridized carbons (Fsp3) is 0.357. The second-order valence-corrected chi connectivity index (χ2v) is 5.34. The second kappa shape index (κ2) is 5.24. The van der Waals surface area contributed by atoms with Crippen LogP contribution in [0.4, 0.5) is 0 Å². The monoisotopic (exact) mass is 307 g/mol. The fourth-order valence-corrected chi connectivity index (χ4v) is 2.56. The van der Waals surface area contributed by atoms with Crippen LogP contribution in [0.15, 0.2) is 34.9 Å². The zero-order valence-corrected chi connectivity index (χ0v) is 11.5. The lowest BCUT2D eigenvalue weighted by Crippen LogP contribution is -2.16. The number of aromatic nitrogens is 1. The van der Waals surface area contributed by atoms with Gasteiger partial charge >= 0.3 is 0 Å². The van der Waals surface area contributed by atoms with E-state index < -0.39 is 0 Å². The Hall–Kier alpha value is -1.13. The lowest BCUT2D eigenvalue weighted by molar-refractivity contribution is 0.0669. The van der Waals surface area contributed by atoms with Gasteiger partial charge in [-0.3, -0.25) is 0 Å². The molecule has 2 aromatic rings. The molecule has 0 N–H and O–H groups in total. The molecule has 0 spiro atoms. The number of pyridine rings is 1. The smallest absolute Gasteiger partial charge is 0.221 e. The molecule has 0 bridgehead atoms. The van der Waals surface area contributed by atoms with Crippen molar-refractivity contribution < 1.29 is 9.47 Å². The van der Waals surface area contributed by atoms with Crippen LogP contribution in [0.5, 0.6) is 5.88 Å². The predicted molar refractivity (Wildman–Crippen MR) is 73.9 cm³/mol. The normalized spacial score (nSPS) is 19.3. The summed E-state index contributed by atoms with van der Waals surface area (Å²) >= 11 is 3.47. The minimum Gasteiger partial charge on any atom is -0.474 e. The summed E-state index contributed by atoms with van der Waals surface area (Å²) in [5.74, 6) is 0.690. The van der Waals surface area contributed by atoms with Gasteiger partial charge in [0.2, 0.25) is 5.88 Å². The van der Waals surface area contributed by atoms with Gasteiger partial charge in [-0.1, -0.05) is 15.9 Å². The molecule has 1 unspecified atom stereocenters. The SMILES string of the molecule is Brc1ccc2c(OCC3CCCO3)nccc2c1. The highest BCUT2D eigenvalue weighted by molar-refractivity contribution is 9.10. The molecule has 3 nitrogen and oxygen atoms in total. The third kappa shape index (κ3) is 2.49. The number of rotatable bonds is 3. The Morgan fingerprint density at radius 3 is 3.17 bits per heavy atom. The van der Waals surface area contributed by atoms with Gasteiger partial charge in [-0.2, -0.15) is 0 Å². The van der Waals surface area contributed by atoms with Crippen molar-refractivity contribution in [2.75, 3.05) is 13.2 Å². The Kier molecular flexibility index (Phi) is 3.48. The highest BCUT2D eigenvalue weighted by Crippen LogP contribution is 2.26. The van der Waals surface area contributed by atoms with E-state index in [0.29, 0.717) is 12.5 Å². The summed E-state index contributed by atoms with van der Waals surface area (Å²) in [6.45, 7) is 1.44. The minimum atomic E-state index is 0.220. The third-order valence-electron chi connectivity index (χ3n) is 3.12. The van der Waals surface area contributed by atoms with Crippen LogP contribution in [-0.2, 0) is 4.74 Å². The van der Waals surface area contributed by atoms with E-state index in [9.17, 15) is 0 Å². The topological polar surface area (TPSA) is 31.4 Å². The Bertz CT molecular complexity index is 552. The summed E-state index contributed by atoms with van der Waals surface area (Å²) in [4.78, 5) is 4.30. The first-order chi connectivity index (χ1) is 8.83. The van der Waals surface area contributed by atoms with Gasteiger partial charge in [0.15, 0.2) is 0 Å². The van der Waals surface area contributed by atoms with Crippen molar-refractivity contribution in [3.05, 3.63) is 34.9 Å². The van der Waals surface area contributed by atoms with E-state index in [1.54, 1.807) is 6.20 Å². The van der Waals surface area contributed by atoms with Gasteiger partial charge in [-0.15, -0.1) is 0 Å². The molecular formula is C14H14BrNO2. The van der Waals surface area contributed by atoms with Gasteiger partial charge in [0.1, 0.15) is 6.61 Å². The summed E-state index contributed by atoms with van der Waals surface area (Å²) in [5, 5.41) is 2.17. The Balaban J connectivity index is 1.82. The van der Waals surface area contributed by atoms with Crippen molar-refractivity contribution in [1.29, 1.82) is 0 Å². The molecule has 1 aliphatic heterocycles. The standard InChI is InChI=1S/C14H14BrNO2/c15-11-3-4-13-10(8-11)5-6-16-14(13)18-9-12-2-1-7-17-12/h3-6,8,12H,1-2,7,9H2. The lowest BCUT2D eigenvalue weighted by atomic mass is 10.2. The highest BCUT2D eigenvalue weighted by atomic mass is 79.9. The molecule has 4 heteroatoms. The van der Waals surface area contributed by atoms with Crippen LogP contribution in [0.2, 0.25) is 0 Å². The molecule has 1 atom stereocenters. The van der Waals surface area contributed by atoms with Gasteiger partial charge in [0.05, 0.1) is 6.10 Å². The Morgan fingerprint density at radius 2 is 2.33 bits per heavy atom. The molecule has 1 aromatic carbocycles. The van der Waals surface area contributed by atoms with Crippen molar-refractivity contribution in [2.45, 2.75) is 18.9 Å². The molecular weight excluding hydrogens is 294 g/mol. The molecule has 2 heterocycles. The van der Waals surface area contributed by atoms with E-state index in [4.69, 9.17) is 9.47 Å². The van der Waals surface area contributed by atoms with Crippen LogP contribution in [-0.4, -0.2) is 24.3 Å². The Labute approximate surface area is 114 Å². The quantitative estimate of drug-likeness (QED) is 0.869. The van der Waals surface area contributed by atoms with E-state index >= 15 is 0 Å². The zero-order chi connectivity index (χ0) is 12.4. The third-order valence-corrected chi connectivity index (χ3v) is 3.61. The number of fused-ring (bicyclic) bond motifs is 1. The summed E-state index contributed by atoms with van der Waals surface area (Å²) in [6.07, 6.45) is 4.21. The summed E-state index contributed by atoms with van der Waals surface area (Å²) in [7, 11) is 0. The van der Waals surface area contributed by atoms with E-state index in [-0.39, 0.29) is 6.10 Å². The van der Waals surface area contributed by atoms with Crippen LogP contribution >= 0.6 is 15.9 Å². The zero-order valence-electron chi connectivity index (χ0n) is 9.93. The molecule has 0 radical (unpaired) electrons. The maximum absolute atomic E-state index is 5.79. The molecule has 18 heavy (non-hydrogen) atoms. The van der Waals surface area contributed by atoms with E-state index in [1.807, 2.05) is 18.2 Å². The molecule has 1 saturated heterocycles. The molecule has 1 fully saturated rings. The summed E-state index contributed by atoms with van der Waals surface area (Å²) < 4.78 is 12.4. The van der Waals surface area contributed by atoms with Gasteiger partial charge in [0, 0.05) is 22.7 Å². The van der Waals surface area contributed by atoms with Gasteiger partial charge in [0.25, 0.3) is 0 Å². The first-order valence-corrected chi connectivity index (χ1v) is 6.91. The van der Waals surface area contributed by atoms with Crippen LogP contribution in [0.3, 0.4) is 0 Å². The average Bonchev–Trinajstić information content (AvgIpc) is 2.89. The first kappa shape index (κ1) is 11.9. The molecule has 94 valence electrons. The van der Waals surface area contributed by atoms with Gasteiger partial charge < -0.3 is 9.47 Å². The van der Waals surface area contributed by atoms with Crippen LogP contribution in [0.25, 0.3) is 10.8 Å². The molecule has 1 aliphatic rings. The molecule has 0 saturated carbocycles. The number of nitrogens with zero attached hydrogens (tertiary/aromatic N) is 1. The maximum Gasteiger partial charge on any atom is 0.221 e. The van der Waals surface area contributed by atoms with Crippen LogP contribution < -0.4 is 4.74 Å². The van der Waals surface area contributed by atoms with E-state index in [2.05, 4.69) is 27.0 Å². The fourth-order valence-electron chi connectivity index (χ4n) is 2.18. The number of halogens is 1. The lowest BCUT2D eigenvalue weighted by Gasteiger charge is -2.12. The average molecular weight is 308 g/mol. The maximum atomic E-state index is 5.79. The first-order valence-electron chi connectivity index (χ1n) is 6.11. The summed E-state index contributed by atoms with van der Waals surface area (Å²) in [6, 6.07) is 8.08. The number of benzene rings is 1. The molecule has 3 rings (SSSR count). The molecule has 1 aromatic heterocycles. The largest absolute Gasteiger partial charge is 0.474 e. The number of hydrogen-bond donors (Lipinski definition) is 0. The van der Waals surface area contributed by atoms with Gasteiger partial charge in [-0.25, -0.2) is 4.98 Å². The van der Waals surface area contributed by atoms with Crippen molar-refractivity contribution in [3.63, 3.8) is 0 Å². The predicted octanol–water partition coefficient (Wildman–Crippen LogP) is 3.56. The van der Waals surface area contributed by atoms with Gasteiger partial charge in [-0.05, 0) is 42.5 Å². The van der Waals surface area contributed by atoms with Crippen molar-refractivity contribution in [3.8, 4) is 5.88 Å². The Morgan fingerprint density at radius 1 is 1.39 bits per heavy atom. The number of hydrogen-bond acceptors (Lipinski definition) is 3. The molecule has 0 amide bonds. The van der Waals surface area contributed by atoms with Crippen LogP contribution in [0, 0.1) is 0 Å².